The maximum atomic E-state index is 12.0. The van der Waals surface area contributed by atoms with Gasteiger partial charge in [-0.1, -0.05) is 6.07 Å². The van der Waals surface area contributed by atoms with Crippen LogP contribution in [0.2, 0.25) is 0 Å². The number of hydrogen-bond acceptors (Lipinski definition) is 4. The first kappa shape index (κ1) is 15.2. The third-order valence-corrected chi connectivity index (χ3v) is 3.88. The molecule has 0 saturated heterocycles. The Kier molecular flexibility index (Phi) is 4.66. The molecule has 5 nitrogen and oxygen atoms in total. The maximum Gasteiger partial charge on any atom is 0.252 e. The first-order valence-corrected chi connectivity index (χ1v) is 7.67. The quantitative estimate of drug-likeness (QED) is 0.921. The number of rotatable bonds is 5. The Hall–Kier alpha value is -2.69. The molecule has 5 heteroatoms. The van der Waals surface area contributed by atoms with Gasteiger partial charge in [-0.15, -0.1) is 0 Å². The second-order valence-corrected chi connectivity index (χ2v) is 5.35. The molecule has 23 heavy (non-hydrogen) atoms. The van der Waals surface area contributed by atoms with Gasteiger partial charge in [0.2, 0.25) is 0 Å². The highest BCUT2D eigenvalue weighted by Crippen LogP contribution is 2.23. The highest BCUT2D eigenvalue weighted by molar-refractivity contribution is 6.03. The lowest BCUT2D eigenvalue weighted by Crippen LogP contribution is -2.27. The Morgan fingerprint density at radius 1 is 1.35 bits per heavy atom. The van der Waals surface area contributed by atoms with Crippen LogP contribution in [-0.2, 0) is 6.42 Å². The molecule has 0 spiro atoms. The zero-order valence-electron chi connectivity index (χ0n) is 13.1. The number of aromatic nitrogens is 1. The molecule has 3 rings (SSSR count). The third kappa shape index (κ3) is 3.56. The first-order valence-electron chi connectivity index (χ1n) is 7.67. The van der Waals surface area contributed by atoms with Crippen LogP contribution < -0.4 is 10.1 Å². The lowest BCUT2D eigenvalue weighted by molar-refractivity contribution is 0.0954. The average Bonchev–Trinajstić information content (AvgIpc) is 2.62. The van der Waals surface area contributed by atoms with E-state index in [4.69, 9.17) is 4.74 Å². The van der Waals surface area contributed by atoms with E-state index >= 15 is 0 Å². The molecule has 0 bridgehead atoms. The van der Waals surface area contributed by atoms with E-state index in [0.717, 1.165) is 30.0 Å². The fourth-order valence-electron chi connectivity index (χ4n) is 2.67. The number of pyridine rings is 1. The second kappa shape index (κ2) is 7.05. The van der Waals surface area contributed by atoms with Crippen molar-refractivity contribution in [3.63, 3.8) is 0 Å². The summed E-state index contributed by atoms with van der Waals surface area (Å²) in [4.78, 5) is 20.6. The number of carbonyl (C=O) groups is 1. The van der Waals surface area contributed by atoms with E-state index in [2.05, 4.69) is 21.4 Å². The average molecular weight is 309 g/mol. The number of nitrogens with one attached hydrogen (secondary N) is 1. The molecule has 1 amide bonds. The monoisotopic (exact) mass is 309 g/mol. The zero-order valence-corrected chi connectivity index (χ0v) is 13.1. The molecule has 1 aliphatic heterocycles. The van der Waals surface area contributed by atoms with E-state index in [1.54, 1.807) is 31.6 Å². The SMILES string of the molecule is COc1ccc2c(c1)C(CCNC(=O)c1cccnc1)=NCC2. The summed E-state index contributed by atoms with van der Waals surface area (Å²) in [5.74, 6) is 0.720. The summed E-state index contributed by atoms with van der Waals surface area (Å²) in [6.45, 7) is 1.34. The number of aliphatic imine (C=N–C) groups is 1. The fraction of sp³-hybridized carbons (Fsp3) is 0.278. The van der Waals surface area contributed by atoms with Gasteiger partial charge in [-0.05, 0) is 36.2 Å². The molecule has 0 radical (unpaired) electrons. The molecule has 2 aromatic rings. The van der Waals surface area contributed by atoms with Crippen molar-refractivity contribution in [1.29, 1.82) is 0 Å². The summed E-state index contributed by atoms with van der Waals surface area (Å²) < 4.78 is 5.30. The van der Waals surface area contributed by atoms with Gasteiger partial charge >= 0.3 is 0 Å². The summed E-state index contributed by atoms with van der Waals surface area (Å²) in [5.41, 5.74) is 4.01. The van der Waals surface area contributed by atoms with Crippen LogP contribution in [-0.4, -0.2) is 36.8 Å². The van der Waals surface area contributed by atoms with Crippen molar-refractivity contribution < 1.29 is 9.53 Å². The molecule has 1 N–H and O–H groups in total. The number of ether oxygens (including phenoxy) is 1. The van der Waals surface area contributed by atoms with E-state index < -0.39 is 0 Å². The zero-order chi connectivity index (χ0) is 16.1. The molecule has 1 aromatic carbocycles. The molecule has 118 valence electrons. The summed E-state index contributed by atoms with van der Waals surface area (Å²) in [7, 11) is 1.66. The van der Waals surface area contributed by atoms with Crippen molar-refractivity contribution in [1.82, 2.24) is 10.3 Å². The normalized spacial score (nSPS) is 13.0. The summed E-state index contributed by atoms with van der Waals surface area (Å²) in [6.07, 6.45) is 4.86. The number of nitrogens with zero attached hydrogens (tertiary/aromatic N) is 2. The molecule has 0 aliphatic carbocycles. The molecule has 1 aliphatic rings. The molecular formula is C18H19N3O2. The van der Waals surface area contributed by atoms with E-state index in [9.17, 15) is 4.79 Å². The Morgan fingerprint density at radius 2 is 2.26 bits per heavy atom. The van der Waals surface area contributed by atoms with Crippen LogP contribution in [0.5, 0.6) is 5.75 Å². The van der Waals surface area contributed by atoms with Crippen LogP contribution in [0, 0.1) is 0 Å². The van der Waals surface area contributed by atoms with Crippen molar-refractivity contribution in [2.45, 2.75) is 12.8 Å². The van der Waals surface area contributed by atoms with Crippen LogP contribution in [0.4, 0.5) is 0 Å². The summed E-state index contributed by atoms with van der Waals surface area (Å²) >= 11 is 0. The second-order valence-electron chi connectivity index (χ2n) is 5.35. The van der Waals surface area contributed by atoms with Gasteiger partial charge in [0.15, 0.2) is 0 Å². The number of amides is 1. The number of benzene rings is 1. The minimum absolute atomic E-state index is 0.111. The predicted octanol–water partition coefficient (Wildman–Crippen LogP) is 2.26. The van der Waals surface area contributed by atoms with Crippen molar-refractivity contribution in [3.8, 4) is 5.75 Å². The molecule has 0 saturated carbocycles. The molecule has 2 heterocycles. The summed E-state index contributed by atoms with van der Waals surface area (Å²) in [5, 5.41) is 2.91. The van der Waals surface area contributed by atoms with Gasteiger partial charge < -0.3 is 10.1 Å². The predicted molar refractivity (Wildman–Crippen MR) is 89.3 cm³/mol. The lowest BCUT2D eigenvalue weighted by atomic mass is 9.95. The van der Waals surface area contributed by atoms with Crippen LogP contribution in [0.25, 0.3) is 0 Å². The fourth-order valence-corrected chi connectivity index (χ4v) is 2.67. The molecule has 1 aromatic heterocycles. The van der Waals surface area contributed by atoms with Gasteiger partial charge in [-0.2, -0.15) is 0 Å². The van der Waals surface area contributed by atoms with Gasteiger partial charge in [0.25, 0.3) is 5.91 Å². The van der Waals surface area contributed by atoms with Crippen LogP contribution >= 0.6 is 0 Å². The van der Waals surface area contributed by atoms with Gasteiger partial charge in [0.05, 0.1) is 12.7 Å². The van der Waals surface area contributed by atoms with E-state index in [-0.39, 0.29) is 5.91 Å². The third-order valence-electron chi connectivity index (χ3n) is 3.88. The molecule has 0 unspecified atom stereocenters. The highest BCUT2D eigenvalue weighted by atomic mass is 16.5. The first-order chi connectivity index (χ1) is 11.3. The van der Waals surface area contributed by atoms with Crippen molar-refractivity contribution >= 4 is 11.6 Å². The van der Waals surface area contributed by atoms with Gasteiger partial charge in [0.1, 0.15) is 5.75 Å². The summed E-state index contributed by atoms with van der Waals surface area (Å²) in [6, 6.07) is 9.60. The van der Waals surface area contributed by atoms with Gasteiger partial charge in [-0.3, -0.25) is 14.8 Å². The number of carbonyl (C=O) groups excluding carboxylic acids is 1. The lowest BCUT2D eigenvalue weighted by Gasteiger charge is -2.18. The molecular weight excluding hydrogens is 290 g/mol. The number of methoxy groups -OCH3 is 1. The molecule has 0 atom stereocenters. The Labute approximate surface area is 135 Å². The minimum atomic E-state index is -0.111. The minimum Gasteiger partial charge on any atom is -0.497 e. The topological polar surface area (TPSA) is 63.6 Å². The Balaban J connectivity index is 1.63. The van der Waals surface area contributed by atoms with Crippen LogP contribution in [0.1, 0.15) is 27.9 Å². The standard InChI is InChI=1S/C18H19N3O2/c1-23-15-5-4-13-6-9-20-17(16(13)11-15)7-10-21-18(22)14-3-2-8-19-12-14/h2-5,8,11-12H,6-7,9-10H2,1H3,(H,21,22). The maximum absolute atomic E-state index is 12.0. The van der Waals surface area contributed by atoms with E-state index in [1.165, 1.54) is 5.56 Å². The van der Waals surface area contributed by atoms with Crippen molar-refractivity contribution in [3.05, 3.63) is 59.4 Å². The van der Waals surface area contributed by atoms with Crippen LogP contribution in [0.3, 0.4) is 0 Å². The number of hydrogen-bond donors (Lipinski definition) is 1. The van der Waals surface area contributed by atoms with Gasteiger partial charge in [0, 0.05) is 43.2 Å². The van der Waals surface area contributed by atoms with Crippen molar-refractivity contribution in [2.24, 2.45) is 4.99 Å². The number of fused-ring (bicyclic) bond motifs is 1. The van der Waals surface area contributed by atoms with Gasteiger partial charge in [-0.25, -0.2) is 0 Å². The van der Waals surface area contributed by atoms with Crippen LogP contribution in [0.15, 0.2) is 47.7 Å². The van der Waals surface area contributed by atoms with E-state index in [1.807, 2.05) is 12.1 Å². The molecule has 0 fully saturated rings. The van der Waals surface area contributed by atoms with Crippen molar-refractivity contribution in [2.75, 3.05) is 20.2 Å². The largest absolute Gasteiger partial charge is 0.497 e. The Bertz CT molecular complexity index is 726. The Morgan fingerprint density at radius 3 is 3.04 bits per heavy atom. The highest BCUT2D eigenvalue weighted by Gasteiger charge is 2.15. The van der Waals surface area contributed by atoms with E-state index in [0.29, 0.717) is 18.5 Å². The smallest absolute Gasteiger partial charge is 0.252 e.